The summed E-state index contributed by atoms with van der Waals surface area (Å²) in [5.74, 6) is -0.543. The van der Waals surface area contributed by atoms with E-state index in [4.69, 9.17) is 4.74 Å². The lowest BCUT2D eigenvalue weighted by atomic mass is 9.74. The van der Waals surface area contributed by atoms with Crippen LogP contribution in [0, 0.1) is 5.82 Å². The number of ether oxygens (including phenoxy) is 1. The number of nitrogens with one attached hydrogen (secondary N) is 2. The van der Waals surface area contributed by atoms with Crippen molar-refractivity contribution in [2.24, 2.45) is 0 Å². The van der Waals surface area contributed by atoms with Gasteiger partial charge in [0.15, 0.2) is 0 Å². The number of sulfonamides is 1. The van der Waals surface area contributed by atoms with E-state index in [1.54, 1.807) is 24.3 Å². The van der Waals surface area contributed by atoms with Crippen molar-refractivity contribution in [2.45, 2.75) is 55.8 Å². The number of rotatable bonds is 8. The van der Waals surface area contributed by atoms with Crippen LogP contribution < -0.4 is 10.0 Å². The molecule has 0 atom stereocenters. The first-order chi connectivity index (χ1) is 15.5. The lowest BCUT2D eigenvalue weighted by Gasteiger charge is -2.38. The Labute approximate surface area is 196 Å². The molecule has 0 aliphatic carbocycles. The molecule has 0 saturated carbocycles. The van der Waals surface area contributed by atoms with Gasteiger partial charge in [-0.3, -0.25) is 4.79 Å². The summed E-state index contributed by atoms with van der Waals surface area (Å²) in [7, 11) is -3.69. The van der Waals surface area contributed by atoms with E-state index in [0.29, 0.717) is 19.8 Å². The second kappa shape index (κ2) is 10.3. The third kappa shape index (κ3) is 6.62. The molecule has 0 radical (unpaired) electrons. The minimum atomic E-state index is -3.69. The molecule has 0 bridgehead atoms. The SMILES string of the molecule is CC(C)(C)c1ccc(S(=O)(=O)NCCC(=O)NCC2(c3ccc(F)cc3)CCOCC2)cc1. The third-order valence-electron chi connectivity index (χ3n) is 6.21. The minimum absolute atomic E-state index is 0.00183. The summed E-state index contributed by atoms with van der Waals surface area (Å²) >= 11 is 0. The normalized spacial score (nSPS) is 16.4. The van der Waals surface area contributed by atoms with Crippen molar-refractivity contribution in [1.29, 1.82) is 0 Å². The number of hydrogen-bond donors (Lipinski definition) is 2. The molecule has 2 aromatic rings. The third-order valence-corrected chi connectivity index (χ3v) is 7.68. The van der Waals surface area contributed by atoms with E-state index in [1.807, 2.05) is 12.1 Å². The van der Waals surface area contributed by atoms with Crippen molar-refractivity contribution < 1.29 is 22.3 Å². The first-order valence-corrected chi connectivity index (χ1v) is 12.7. The van der Waals surface area contributed by atoms with Gasteiger partial charge in [-0.05, 0) is 53.6 Å². The van der Waals surface area contributed by atoms with Crippen LogP contribution in [-0.4, -0.2) is 40.6 Å². The molecule has 3 rings (SSSR count). The topological polar surface area (TPSA) is 84.5 Å². The Morgan fingerprint density at radius 2 is 1.64 bits per heavy atom. The number of carbonyl (C=O) groups excluding carboxylic acids is 1. The summed E-state index contributed by atoms with van der Waals surface area (Å²) in [5.41, 5.74) is 1.62. The van der Waals surface area contributed by atoms with E-state index in [1.165, 1.54) is 12.1 Å². The zero-order valence-electron chi connectivity index (χ0n) is 19.5. The molecule has 2 N–H and O–H groups in total. The predicted octanol–water partition coefficient (Wildman–Crippen LogP) is 3.66. The van der Waals surface area contributed by atoms with Crippen molar-refractivity contribution in [2.75, 3.05) is 26.3 Å². The van der Waals surface area contributed by atoms with Crippen LogP contribution in [0.3, 0.4) is 0 Å². The first-order valence-electron chi connectivity index (χ1n) is 11.2. The minimum Gasteiger partial charge on any atom is -0.381 e. The molecule has 6 nitrogen and oxygen atoms in total. The fourth-order valence-electron chi connectivity index (χ4n) is 4.01. The number of benzene rings is 2. The van der Waals surface area contributed by atoms with E-state index in [-0.39, 0.29) is 40.4 Å². The van der Waals surface area contributed by atoms with Gasteiger partial charge < -0.3 is 10.1 Å². The number of hydrogen-bond acceptors (Lipinski definition) is 4. The molecule has 0 aromatic heterocycles. The average Bonchev–Trinajstić information content (AvgIpc) is 2.78. The Bertz CT molecular complexity index is 1040. The van der Waals surface area contributed by atoms with Crippen LogP contribution in [0.2, 0.25) is 0 Å². The predicted molar refractivity (Wildman–Crippen MR) is 126 cm³/mol. The highest BCUT2D eigenvalue weighted by Crippen LogP contribution is 2.34. The van der Waals surface area contributed by atoms with Crippen LogP contribution in [0.1, 0.15) is 51.2 Å². The summed E-state index contributed by atoms with van der Waals surface area (Å²) in [6.45, 7) is 7.72. The van der Waals surface area contributed by atoms with Crippen molar-refractivity contribution >= 4 is 15.9 Å². The Morgan fingerprint density at radius 1 is 1.03 bits per heavy atom. The second-order valence-electron chi connectivity index (χ2n) is 9.60. The summed E-state index contributed by atoms with van der Waals surface area (Å²) in [6, 6.07) is 13.2. The number of carbonyl (C=O) groups is 1. The highest BCUT2D eigenvalue weighted by Gasteiger charge is 2.34. The van der Waals surface area contributed by atoms with E-state index in [0.717, 1.165) is 24.0 Å². The molecule has 1 aliphatic rings. The van der Waals surface area contributed by atoms with Gasteiger partial charge in [-0.1, -0.05) is 45.0 Å². The fourth-order valence-corrected chi connectivity index (χ4v) is 5.04. The lowest BCUT2D eigenvalue weighted by Crippen LogP contribution is -2.45. The first kappa shape index (κ1) is 25.3. The van der Waals surface area contributed by atoms with E-state index >= 15 is 0 Å². The monoisotopic (exact) mass is 476 g/mol. The Morgan fingerprint density at radius 3 is 2.21 bits per heavy atom. The van der Waals surface area contributed by atoms with Gasteiger partial charge in [0.05, 0.1) is 4.90 Å². The number of amides is 1. The van der Waals surface area contributed by atoms with Gasteiger partial charge in [-0.15, -0.1) is 0 Å². The molecular formula is C25H33FN2O4S. The quantitative estimate of drug-likeness (QED) is 0.609. The Balaban J connectivity index is 1.54. The highest BCUT2D eigenvalue weighted by atomic mass is 32.2. The van der Waals surface area contributed by atoms with Crippen LogP contribution in [0.25, 0.3) is 0 Å². The second-order valence-corrected chi connectivity index (χ2v) is 11.4. The molecule has 1 saturated heterocycles. The lowest BCUT2D eigenvalue weighted by molar-refractivity contribution is -0.121. The highest BCUT2D eigenvalue weighted by molar-refractivity contribution is 7.89. The zero-order chi connectivity index (χ0) is 24.1. The van der Waals surface area contributed by atoms with Gasteiger partial charge >= 0.3 is 0 Å². The summed E-state index contributed by atoms with van der Waals surface area (Å²) < 4.78 is 46.5. The van der Waals surface area contributed by atoms with Crippen LogP contribution in [-0.2, 0) is 30.4 Å². The maximum absolute atomic E-state index is 13.4. The maximum Gasteiger partial charge on any atom is 0.240 e. The molecule has 33 heavy (non-hydrogen) atoms. The summed E-state index contributed by atoms with van der Waals surface area (Å²) in [5, 5.41) is 2.93. The molecule has 0 spiro atoms. The molecular weight excluding hydrogens is 443 g/mol. The van der Waals surface area contributed by atoms with E-state index in [9.17, 15) is 17.6 Å². The van der Waals surface area contributed by atoms with Gasteiger partial charge in [0.1, 0.15) is 5.82 Å². The molecule has 8 heteroatoms. The van der Waals surface area contributed by atoms with Gasteiger partial charge in [-0.25, -0.2) is 17.5 Å². The average molecular weight is 477 g/mol. The van der Waals surface area contributed by atoms with E-state index in [2.05, 4.69) is 30.8 Å². The van der Waals surface area contributed by atoms with Crippen LogP contribution >= 0.6 is 0 Å². The van der Waals surface area contributed by atoms with Crippen molar-refractivity contribution in [3.8, 4) is 0 Å². The molecule has 1 amide bonds. The molecule has 2 aromatic carbocycles. The summed E-state index contributed by atoms with van der Waals surface area (Å²) in [4.78, 5) is 12.6. The summed E-state index contributed by atoms with van der Waals surface area (Å²) in [6.07, 6.45) is 1.46. The van der Waals surface area contributed by atoms with Crippen LogP contribution in [0.15, 0.2) is 53.4 Å². The zero-order valence-corrected chi connectivity index (χ0v) is 20.3. The smallest absolute Gasteiger partial charge is 0.240 e. The number of halogens is 1. The molecule has 180 valence electrons. The fraction of sp³-hybridized carbons (Fsp3) is 0.480. The van der Waals surface area contributed by atoms with Crippen LogP contribution in [0.5, 0.6) is 0 Å². The van der Waals surface area contributed by atoms with Crippen molar-refractivity contribution in [1.82, 2.24) is 10.0 Å². The molecule has 1 fully saturated rings. The Kier molecular flexibility index (Phi) is 7.92. The maximum atomic E-state index is 13.4. The van der Waals surface area contributed by atoms with Gasteiger partial charge in [0.2, 0.25) is 15.9 Å². The van der Waals surface area contributed by atoms with Gasteiger partial charge in [-0.2, -0.15) is 0 Å². The van der Waals surface area contributed by atoms with Crippen LogP contribution in [0.4, 0.5) is 4.39 Å². The van der Waals surface area contributed by atoms with Gasteiger partial charge in [0.25, 0.3) is 0 Å². The van der Waals surface area contributed by atoms with E-state index < -0.39 is 10.0 Å². The Hall–Kier alpha value is -2.29. The molecule has 1 aliphatic heterocycles. The van der Waals surface area contributed by atoms with Crippen molar-refractivity contribution in [3.05, 3.63) is 65.5 Å². The van der Waals surface area contributed by atoms with Crippen molar-refractivity contribution in [3.63, 3.8) is 0 Å². The van der Waals surface area contributed by atoms with Gasteiger partial charge in [0, 0.05) is 38.1 Å². The molecule has 0 unspecified atom stereocenters. The molecule has 1 heterocycles. The largest absolute Gasteiger partial charge is 0.381 e. The standard InChI is InChI=1S/C25H33FN2O4S/c1-24(2,3)19-6-10-22(11-7-19)33(30,31)28-15-12-23(29)27-18-25(13-16-32-17-14-25)20-4-8-21(26)9-5-20/h4-11,28H,12-18H2,1-3H3,(H,27,29).